The number of anilines is 1. The number of aromatic hydroxyl groups is 1. The first-order chi connectivity index (χ1) is 36.5. The molecule has 6 aromatic rings. The summed E-state index contributed by atoms with van der Waals surface area (Å²) < 4.78 is 24.0. The van der Waals surface area contributed by atoms with E-state index >= 15 is 19.2 Å². The van der Waals surface area contributed by atoms with Gasteiger partial charge in [-0.3, -0.25) is 29.4 Å². The number of allylic oxidation sites excluding steroid dienone is 2. The van der Waals surface area contributed by atoms with E-state index in [0.29, 0.717) is 40.2 Å². The summed E-state index contributed by atoms with van der Waals surface area (Å²) in [5, 5.41) is 22.4. The summed E-state index contributed by atoms with van der Waals surface area (Å²) in [7, 11) is 3.09. The number of carbonyl (C=O) groups is 4. The van der Waals surface area contributed by atoms with Gasteiger partial charge in [-0.2, -0.15) is 0 Å². The molecule has 1 N–H and O–H groups in total. The number of amides is 3. The molecule has 4 heterocycles. The van der Waals surface area contributed by atoms with Crippen molar-refractivity contribution in [3.63, 3.8) is 0 Å². The molecule has 6 unspecified atom stereocenters. The first-order valence-corrected chi connectivity index (χ1v) is 25.0. The highest BCUT2D eigenvalue weighted by Gasteiger charge is 2.76. The number of ether oxygens (including phenoxy) is 4. The van der Waals surface area contributed by atoms with Crippen LogP contribution in [0, 0.1) is 27.9 Å². The minimum absolute atomic E-state index is 0.0574. The predicted octanol–water partition coefficient (Wildman–Crippen LogP) is 9.76. The molecular formula is C60H52N4O11. The number of fused-ring (bicyclic) bond motifs is 4. The number of nitro groups is 1. The highest BCUT2D eigenvalue weighted by Crippen LogP contribution is 2.66. The van der Waals surface area contributed by atoms with Gasteiger partial charge in [0.2, 0.25) is 11.8 Å². The number of morpholine rings is 1. The molecule has 2 saturated heterocycles. The lowest BCUT2D eigenvalue weighted by Crippen LogP contribution is -2.57. The Kier molecular flexibility index (Phi) is 12.9. The van der Waals surface area contributed by atoms with Crippen molar-refractivity contribution in [3.8, 4) is 29.1 Å². The van der Waals surface area contributed by atoms with Crippen LogP contribution in [0.1, 0.15) is 88.4 Å². The summed E-state index contributed by atoms with van der Waals surface area (Å²) in [6.45, 7) is -0.0656. The number of nitro benzene ring substituents is 1. The zero-order valence-corrected chi connectivity index (χ0v) is 41.2. The van der Waals surface area contributed by atoms with Gasteiger partial charge in [-0.05, 0) is 131 Å². The van der Waals surface area contributed by atoms with Crippen LogP contribution in [-0.2, 0) is 48.8 Å². The number of nitrogens with zero attached hydrogens (tertiary/aromatic N) is 4. The molecule has 11 rings (SSSR count). The first-order valence-electron chi connectivity index (χ1n) is 25.0. The summed E-state index contributed by atoms with van der Waals surface area (Å²) in [6.07, 6.45) is 4.30. The lowest BCUT2D eigenvalue weighted by Gasteiger charge is -2.46. The Morgan fingerprint density at radius 2 is 1.48 bits per heavy atom. The van der Waals surface area contributed by atoms with Crippen molar-refractivity contribution in [3.05, 3.63) is 206 Å². The number of carbonyl (C=O) groups excluding carboxylic acids is 4. The van der Waals surface area contributed by atoms with E-state index in [4.69, 9.17) is 18.9 Å². The van der Waals surface area contributed by atoms with Gasteiger partial charge in [-0.15, -0.1) is 0 Å². The number of cyclic esters (lactones) is 1. The third kappa shape index (κ3) is 8.50. The van der Waals surface area contributed by atoms with Gasteiger partial charge in [0.25, 0.3) is 5.69 Å². The Morgan fingerprint density at radius 1 is 0.787 bits per heavy atom. The number of benzene rings is 6. The van der Waals surface area contributed by atoms with Crippen molar-refractivity contribution in [2.24, 2.45) is 5.92 Å². The van der Waals surface area contributed by atoms with E-state index in [0.717, 1.165) is 52.8 Å². The molecule has 2 fully saturated rings. The lowest BCUT2D eigenvalue weighted by atomic mass is 9.64. The van der Waals surface area contributed by atoms with Crippen molar-refractivity contribution in [1.82, 2.24) is 9.80 Å². The van der Waals surface area contributed by atoms with Crippen LogP contribution in [0.2, 0.25) is 0 Å². The highest BCUT2D eigenvalue weighted by atomic mass is 16.6. The van der Waals surface area contributed by atoms with Crippen molar-refractivity contribution in [2.45, 2.75) is 74.9 Å². The maximum Gasteiger partial charge on any atom is 0.421 e. The number of phenols is 1. The molecule has 1 spiro atoms. The summed E-state index contributed by atoms with van der Waals surface area (Å²) in [5.41, 5.74) is 3.66. The van der Waals surface area contributed by atoms with Crippen LogP contribution < -0.4 is 14.4 Å². The number of rotatable bonds is 9. The Hall–Kier alpha value is -8.74. The predicted molar refractivity (Wildman–Crippen MR) is 275 cm³/mol. The summed E-state index contributed by atoms with van der Waals surface area (Å²) in [6, 6.07) is 36.1. The number of phenolic OH excluding ortho intramolecular Hbond substituents is 1. The maximum atomic E-state index is 16.8. The highest BCUT2D eigenvalue weighted by molar-refractivity contribution is 6.23. The van der Waals surface area contributed by atoms with Gasteiger partial charge in [-0.25, -0.2) is 9.69 Å². The monoisotopic (exact) mass is 1000 g/mol. The fourth-order valence-electron chi connectivity index (χ4n) is 11.9. The molecule has 15 nitrogen and oxygen atoms in total. The molecule has 6 atom stereocenters. The second-order valence-corrected chi connectivity index (χ2v) is 19.4. The Balaban J connectivity index is 1.16. The van der Waals surface area contributed by atoms with Crippen LogP contribution in [-0.4, -0.2) is 70.5 Å². The smallest absolute Gasteiger partial charge is 0.421 e. The molecule has 1 aliphatic carbocycles. The van der Waals surface area contributed by atoms with E-state index in [1.807, 2.05) is 77.7 Å². The van der Waals surface area contributed by atoms with E-state index in [-0.39, 0.29) is 42.4 Å². The number of methoxy groups -OCH3 is 2. The molecule has 75 heavy (non-hydrogen) atoms. The topological polar surface area (TPSA) is 178 Å². The van der Waals surface area contributed by atoms with Gasteiger partial charge in [0.05, 0.1) is 42.8 Å². The standard InChI is InChI=1S/C60H52N4O11/c1-72-49-33-43-30-31-61(35-44(43)34-50(49)73-2)56(66)51-53-57(67)75-54(41-16-10-5-11-17-41)52(40-14-8-4-9-15-40)63(53)55(42-23-27-46(65)28-24-42)60(51)47-32-38(19-18-37-12-6-3-7-13-37)22-29-48(47)62(58(60)68)59(69)74-36-39-20-25-45(26-21-39)64(70)71/h4-5,8-12,14-17,20-29,32-34,51-55,65H,3,6-7,13,30-31,35-36H2,1-2H3. The average Bonchev–Trinajstić information content (AvgIpc) is 3.93. The fraction of sp³-hybridized carbons (Fsp3) is 0.267. The molecule has 0 bridgehead atoms. The second kappa shape index (κ2) is 19.9. The molecule has 378 valence electrons. The molecular weight excluding hydrogens is 953 g/mol. The molecule has 15 heteroatoms. The molecule has 4 aliphatic heterocycles. The molecule has 0 saturated carbocycles. The Morgan fingerprint density at radius 3 is 2.15 bits per heavy atom. The zero-order valence-electron chi connectivity index (χ0n) is 41.2. The summed E-state index contributed by atoms with van der Waals surface area (Å²) >= 11 is 0. The Bertz CT molecular complexity index is 3330. The first kappa shape index (κ1) is 48.5. The molecule has 3 amide bonds. The van der Waals surface area contributed by atoms with Gasteiger partial charge in [0, 0.05) is 30.8 Å². The summed E-state index contributed by atoms with van der Waals surface area (Å²) in [5.74, 6) is 3.98. The minimum atomic E-state index is -2.10. The van der Waals surface area contributed by atoms with E-state index in [2.05, 4.69) is 17.9 Å². The number of esters is 1. The van der Waals surface area contributed by atoms with E-state index in [9.17, 15) is 15.2 Å². The normalized spacial score (nSPS) is 22.7. The van der Waals surface area contributed by atoms with Gasteiger partial charge < -0.3 is 29.0 Å². The van der Waals surface area contributed by atoms with E-state index in [1.165, 1.54) is 43.5 Å². The minimum Gasteiger partial charge on any atom is -0.508 e. The van der Waals surface area contributed by atoms with Crippen molar-refractivity contribution in [1.29, 1.82) is 0 Å². The summed E-state index contributed by atoms with van der Waals surface area (Å²) in [4.78, 5) is 79.5. The average molecular weight is 1010 g/mol. The third-order valence-electron chi connectivity index (χ3n) is 15.3. The third-order valence-corrected chi connectivity index (χ3v) is 15.3. The van der Waals surface area contributed by atoms with Crippen LogP contribution in [0.15, 0.2) is 151 Å². The SMILES string of the molecule is COc1cc2c(cc1OC)CN(C(=O)C1C3C(=O)OC(c4ccccc4)C(c4ccccc4)N3C(c3ccc(O)cc3)C13C(=O)N(C(=O)OCc1ccc([N+](=O)[O-])cc1)c1ccc(C#CC4=CCCCC4)cc13)CC2. The maximum absolute atomic E-state index is 16.8. The Labute approximate surface area is 433 Å². The van der Waals surface area contributed by atoms with Gasteiger partial charge in [0.15, 0.2) is 11.5 Å². The van der Waals surface area contributed by atoms with E-state index in [1.54, 1.807) is 42.3 Å². The van der Waals surface area contributed by atoms with Crippen LogP contribution >= 0.6 is 0 Å². The number of hydrogen-bond donors (Lipinski definition) is 1. The lowest BCUT2D eigenvalue weighted by molar-refractivity contribution is -0.384. The van der Waals surface area contributed by atoms with Gasteiger partial charge in [-0.1, -0.05) is 90.7 Å². The largest absolute Gasteiger partial charge is 0.508 e. The van der Waals surface area contributed by atoms with Crippen LogP contribution in [0.5, 0.6) is 17.2 Å². The van der Waals surface area contributed by atoms with Crippen molar-refractivity contribution >= 4 is 35.3 Å². The number of imide groups is 1. The quantitative estimate of drug-likeness (QED) is 0.0629. The molecule has 6 aromatic carbocycles. The fourth-order valence-corrected chi connectivity index (χ4v) is 11.9. The van der Waals surface area contributed by atoms with Gasteiger partial charge in [0.1, 0.15) is 29.9 Å². The number of non-ortho nitro benzene ring substituents is 1. The zero-order chi connectivity index (χ0) is 52.0. The molecule has 0 radical (unpaired) electrons. The van der Waals surface area contributed by atoms with Crippen molar-refractivity contribution < 1.29 is 48.2 Å². The van der Waals surface area contributed by atoms with Crippen molar-refractivity contribution in [2.75, 3.05) is 25.7 Å². The molecule has 0 aromatic heterocycles. The van der Waals surface area contributed by atoms with Gasteiger partial charge >= 0.3 is 12.1 Å². The van der Waals surface area contributed by atoms with Crippen LogP contribution in [0.25, 0.3) is 0 Å². The molecule has 5 aliphatic rings. The van der Waals surface area contributed by atoms with Crippen LogP contribution in [0.3, 0.4) is 0 Å². The second-order valence-electron chi connectivity index (χ2n) is 19.4. The van der Waals surface area contributed by atoms with E-state index < -0.39 is 64.4 Å². The number of hydrogen-bond acceptors (Lipinski definition) is 12. The van der Waals surface area contributed by atoms with Crippen LogP contribution in [0.4, 0.5) is 16.2 Å².